The number of piperazine rings is 1. The number of aliphatic hydroxyl groups is 1. The van der Waals surface area contributed by atoms with Gasteiger partial charge < -0.3 is 10.0 Å². The van der Waals surface area contributed by atoms with Crippen LogP contribution in [0, 0.1) is 11.8 Å². The quantitative estimate of drug-likeness (QED) is 0.833. The Morgan fingerprint density at radius 1 is 0.917 bits per heavy atom. The molecule has 1 N–H and O–H groups in total. The maximum absolute atomic E-state index is 13.2. The first-order valence-electron chi connectivity index (χ1n) is 9.15. The molecule has 0 spiro atoms. The summed E-state index contributed by atoms with van der Waals surface area (Å²) in [6, 6.07) is 0.153. The molecule has 3 aliphatic rings. The minimum absolute atomic E-state index is 0.0775. The molecule has 24 heavy (non-hydrogen) atoms. The summed E-state index contributed by atoms with van der Waals surface area (Å²) in [7, 11) is 0. The van der Waals surface area contributed by atoms with Crippen LogP contribution in [0.15, 0.2) is 0 Å². The molecule has 0 unspecified atom stereocenters. The first-order valence-corrected chi connectivity index (χ1v) is 9.15. The normalized spacial score (nSPS) is 36.1. The van der Waals surface area contributed by atoms with E-state index in [0.717, 1.165) is 19.3 Å². The van der Waals surface area contributed by atoms with Crippen molar-refractivity contribution in [3.63, 3.8) is 0 Å². The zero-order chi connectivity index (χ0) is 17.3. The van der Waals surface area contributed by atoms with Crippen LogP contribution in [0.1, 0.15) is 44.9 Å². The molecule has 0 aromatic rings. The predicted molar refractivity (Wildman–Crippen MR) is 83.3 cm³/mol. The first-order chi connectivity index (χ1) is 11.4. The SMILES string of the molecule is O=C([C@@H]1CCCC[C@@H]1C(F)(F)F)N1CCN([C@H]2CCC[C@@H]2O)CC1. The van der Waals surface area contributed by atoms with Gasteiger partial charge in [-0.25, -0.2) is 0 Å². The summed E-state index contributed by atoms with van der Waals surface area (Å²) in [6.07, 6.45) is -0.0959. The van der Waals surface area contributed by atoms with Crippen LogP contribution in [0.3, 0.4) is 0 Å². The van der Waals surface area contributed by atoms with E-state index in [1.54, 1.807) is 4.90 Å². The van der Waals surface area contributed by atoms with E-state index >= 15 is 0 Å². The summed E-state index contributed by atoms with van der Waals surface area (Å²) in [5, 5.41) is 10.00. The molecule has 138 valence electrons. The molecule has 3 rings (SSSR count). The van der Waals surface area contributed by atoms with Crippen LogP contribution in [0.25, 0.3) is 0 Å². The fourth-order valence-corrected chi connectivity index (χ4v) is 4.67. The number of halogens is 3. The second-order valence-electron chi connectivity index (χ2n) is 7.47. The van der Waals surface area contributed by atoms with E-state index in [1.807, 2.05) is 0 Å². The van der Waals surface area contributed by atoms with E-state index in [2.05, 4.69) is 4.90 Å². The number of alkyl halides is 3. The highest BCUT2D eigenvalue weighted by atomic mass is 19.4. The van der Waals surface area contributed by atoms with Gasteiger partial charge in [-0.05, 0) is 32.1 Å². The van der Waals surface area contributed by atoms with E-state index < -0.39 is 18.0 Å². The number of amides is 1. The van der Waals surface area contributed by atoms with Crippen molar-refractivity contribution in [2.45, 2.75) is 63.3 Å². The van der Waals surface area contributed by atoms with E-state index in [4.69, 9.17) is 0 Å². The highest BCUT2D eigenvalue weighted by Gasteiger charge is 2.49. The summed E-state index contributed by atoms with van der Waals surface area (Å²) in [4.78, 5) is 16.5. The third kappa shape index (κ3) is 3.72. The van der Waals surface area contributed by atoms with Gasteiger partial charge in [-0.3, -0.25) is 9.69 Å². The van der Waals surface area contributed by atoms with E-state index in [9.17, 15) is 23.1 Å². The highest BCUT2D eigenvalue weighted by molar-refractivity contribution is 5.79. The molecule has 1 saturated heterocycles. The van der Waals surface area contributed by atoms with Crippen molar-refractivity contribution >= 4 is 5.91 Å². The molecule has 1 aliphatic heterocycles. The lowest BCUT2D eigenvalue weighted by Gasteiger charge is -2.42. The Bertz CT molecular complexity index is 450. The van der Waals surface area contributed by atoms with Gasteiger partial charge in [-0.1, -0.05) is 12.8 Å². The van der Waals surface area contributed by atoms with Crippen LogP contribution in [0.2, 0.25) is 0 Å². The van der Waals surface area contributed by atoms with Crippen LogP contribution in [-0.2, 0) is 4.79 Å². The number of rotatable bonds is 2. The minimum atomic E-state index is -4.28. The molecule has 4 atom stereocenters. The Hall–Kier alpha value is -0.820. The molecule has 0 radical (unpaired) electrons. The van der Waals surface area contributed by atoms with Gasteiger partial charge in [0.15, 0.2) is 0 Å². The molecule has 0 bridgehead atoms. The van der Waals surface area contributed by atoms with Gasteiger partial charge in [-0.2, -0.15) is 13.2 Å². The predicted octanol–water partition coefficient (Wildman–Crippen LogP) is 2.41. The highest BCUT2D eigenvalue weighted by Crippen LogP contribution is 2.42. The number of hydrogen-bond donors (Lipinski definition) is 1. The van der Waals surface area contributed by atoms with Gasteiger partial charge in [0.1, 0.15) is 0 Å². The maximum Gasteiger partial charge on any atom is 0.392 e. The molecule has 1 heterocycles. The van der Waals surface area contributed by atoms with Gasteiger partial charge in [0.25, 0.3) is 0 Å². The number of nitrogens with zero attached hydrogens (tertiary/aromatic N) is 2. The zero-order valence-electron chi connectivity index (χ0n) is 14.0. The first kappa shape index (κ1) is 18.0. The summed E-state index contributed by atoms with van der Waals surface area (Å²) in [5.74, 6) is -2.69. The van der Waals surface area contributed by atoms with Crippen molar-refractivity contribution in [1.82, 2.24) is 9.80 Å². The van der Waals surface area contributed by atoms with Crippen molar-refractivity contribution in [1.29, 1.82) is 0 Å². The van der Waals surface area contributed by atoms with Crippen molar-refractivity contribution in [2.75, 3.05) is 26.2 Å². The van der Waals surface area contributed by atoms with E-state index in [-0.39, 0.29) is 24.5 Å². The van der Waals surface area contributed by atoms with Gasteiger partial charge in [0, 0.05) is 38.1 Å². The zero-order valence-corrected chi connectivity index (χ0v) is 14.0. The average Bonchev–Trinajstić information content (AvgIpc) is 2.99. The van der Waals surface area contributed by atoms with E-state index in [0.29, 0.717) is 45.4 Å². The van der Waals surface area contributed by atoms with Crippen LogP contribution in [-0.4, -0.2) is 65.3 Å². The Morgan fingerprint density at radius 2 is 1.58 bits per heavy atom. The second-order valence-corrected chi connectivity index (χ2v) is 7.47. The Balaban J connectivity index is 1.58. The summed E-state index contributed by atoms with van der Waals surface area (Å²) >= 11 is 0. The summed E-state index contributed by atoms with van der Waals surface area (Å²) < 4.78 is 39.7. The van der Waals surface area contributed by atoms with Crippen molar-refractivity contribution in [3.8, 4) is 0 Å². The minimum Gasteiger partial charge on any atom is -0.391 e. The Morgan fingerprint density at radius 3 is 2.17 bits per heavy atom. The molecule has 2 saturated carbocycles. The molecular formula is C17H27F3N2O2. The summed E-state index contributed by atoms with van der Waals surface area (Å²) in [5.41, 5.74) is 0. The van der Waals surface area contributed by atoms with Crippen molar-refractivity contribution in [2.24, 2.45) is 11.8 Å². The fourth-order valence-electron chi connectivity index (χ4n) is 4.67. The monoisotopic (exact) mass is 348 g/mol. The third-order valence-electron chi connectivity index (χ3n) is 6.04. The van der Waals surface area contributed by atoms with E-state index in [1.165, 1.54) is 0 Å². The lowest BCUT2D eigenvalue weighted by Crippen LogP contribution is -2.55. The molecule has 3 fully saturated rings. The lowest BCUT2D eigenvalue weighted by molar-refractivity contribution is -0.201. The maximum atomic E-state index is 13.2. The molecule has 0 aromatic carbocycles. The molecule has 0 aromatic heterocycles. The smallest absolute Gasteiger partial charge is 0.391 e. The van der Waals surface area contributed by atoms with Crippen LogP contribution in [0.5, 0.6) is 0 Å². The second kappa shape index (κ2) is 7.20. The molecule has 4 nitrogen and oxygen atoms in total. The molecule has 2 aliphatic carbocycles. The van der Waals surface area contributed by atoms with Gasteiger partial charge in [0.05, 0.1) is 12.0 Å². The number of hydrogen-bond acceptors (Lipinski definition) is 3. The van der Waals surface area contributed by atoms with Crippen molar-refractivity contribution in [3.05, 3.63) is 0 Å². The van der Waals surface area contributed by atoms with Gasteiger partial charge in [-0.15, -0.1) is 0 Å². The van der Waals surface area contributed by atoms with Crippen LogP contribution < -0.4 is 0 Å². The summed E-state index contributed by atoms with van der Waals surface area (Å²) in [6.45, 7) is 2.25. The fraction of sp³-hybridized carbons (Fsp3) is 0.941. The van der Waals surface area contributed by atoms with Crippen molar-refractivity contribution < 1.29 is 23.1 Å². The van der Waals surface area contributed by atoms with Crippen LogP contribution >= 0.6 is 0 Å². The van der Waals surface area contributed by atoms with Gasteiger partial charge in [0.2, 0.25) is 5.91 Å². The third-order valence-corrected chi connectivity index (χ3v) is 6.04. The molecule has 1 amide bonds. The number of carbonyl (C=O) groups is 1. The van der Waals surface area contributed by atoms with Gasteiger partial charge >= 0.3 is 6.18 Å². The standard InChI is InChI=1S/C17H27F3N2O2/c18-17(19,20)13-5-2-1-4-12(13)16(24)22-10-8-21(9-11-22)14-6-3-7-15(14)23/h12-15,23H,1-11H2/t12-,13+,14+,15+/m1/s1. The molecule has 7 heteroatoms. The molecular weight excluding hydrogens is 321 g/mol. The topological polar surface area (TPSA) is 43.8 Å². The largest absolute Gasteiger partial charge is 0.392 e. The number of aliphatic hydroxyl groups excluding tert-OH is 1. The number of carbonyl (C=O) groups excluding carboxylic acids is 1. The van der Waals surface area contributed by atoms with Crippen LogP contribution in [0.4, 0.5) is 13.2 Å². The average molecular weight is 348 g/mol. The lowest BCUT2D eigenvalue weighted by atomic mass is 9.78. The Kier molecular flexibility index (Phi) is 5.39. The Labute approximate surface area is 141 Å².